The maximum absolute atomic E-state index is 12.7. The van der Waals surface area contributed by atoms with Crippen LogP contribution in [0.25, 0.3) is 0 Å². The topological polar surface area (TPSA) is 109 Å². The first-order chi connectivity index (χ1) is 15.6. The first-order valence-corrected chi connectivity index (χ1v) is 12.7. The Morgan fingerprint density at radius 1 is 1.18 bits per heavy atom. The lowest BCUT2D eigenvalue weighted by Gasteiger charge is -2.70. The van der Waals surface area contributed by atoms with Gasteiger partial charge in [0.2, 0.25) is 0 Å². The molecule has 6 fully saturated rings. The summed E-state index contributed by atoms with van der Waals surface area (Å²) >= 11 is 0. The number of piperidine rings is 1. The minimum Gasteiger partial charge on any atom is -0.462 e. The van der Waals surface area contributed by atoms with Crippen LogP contribution < -0.4 is 0 Å². The molecule has 6 rings (SSSR count). The Bertz CT molecular complexity index is 855. The quantitative estimate of drug-likeness (QED) is 0.506. The highest BCUT2D eigenvalue weighted by Gasteiger charge is 2.88. The minimum absolute atomic E-state index is 0.0452. The number of hydrogen-bond donors (Lipinski definition) is 3. The van der Waals surface area contributed by atoms with E-state index >= 15 is 0 Å². The Morgan fingerprint density at radius 3 is 2.58 bits per heavy atom. The number of aliphatic hydroxyl groups is 3. The molecule has 1 aliphatic heterocycles. The maximum Gasteiger partial charge on any atom is 0.302 e. The SMILES string of the molecule is CCN1C[C@]2(COC)CC[C@@H](O)[C@@]34[C@@H]2C[C@@](O)([C@@H]13)[C@]1(O)C[C@@H](OC)[C@@H]2C[C@H]4[C@H]1[C@H]2OC(C)=O. The molecule has 1 spiro atoms. The van der Waals surface area contributed by atoms with E-state index < -0.39 is 34.7 Å². The number of nitrogens with zero attached hydrogens (tertiary/aromatic N) is 1. The summed E-state index contributed by atoms with van der Waals surface area (Å²) in [5.41, 5.74) is -3.60. The number of carbonyl (C=O) groups excluding carboxylic acids is 1. The van der Waals surface area contributed by atoms with Crippen molar-refractivity contribution in [3.63, 3.8) is 0 Å². The average molecular weight is 466 g/mol. The van der Waals surface area contributed by atoms with E-state index in [0.29, 0.717) is 25.9 Å². The number of carbonyl (C=O) groups is 1. The molecule has 33 heavy (non-hydrogen) atoms. The van der Waals surface area contributed by atoms with Crippen LogP contribution in [0.15, 0.2) is 0 Å². The third-order valence-electron chi connectivity index (χ3n) is 11.3. The van der Waals surface area contributed by atoms with Crippen LogP contribution in [0.5, 0.6) is 0 Å². The lowest BCUT2D eigenvalue weighted by atomic mass is 9.42. The standard InChI is InChI=1S/C25H39NO7/c1-5-26-11-22(12-31-3)7-6-18(28)25-15-8-14-16(32-4)9-23(29,19(15)20(14)33-13(2)27)24(30,21(25)26)10-17(22)25/h14-21,28-30H,5-12H2,1-4H3/t14-,15-,16+,17+,18+,19-,20-,21+,22-,23-,24+,25+/m0/s1. The number of methoxy groups -OCH3 is 2. The van der Waals surface area contributed by atoms with Gasteiger partial charge in [0.05, 0.1) is 18.8 Å². The van der Waals surface area contributed by atoms with Gasteiger partial charge in [-0.25, -0.2) is 0 Å². The Labute approximate surface area is 195 Å². The van der Waals surface area contributed by atoms with Gasteiger partial charge < -0.3 is 29.5 Å². The molecule has 7 bridgehead atoms. The lowest BCUT2D eigenvalue weighted by molar-refractivity contribution is -0.313. The van der Waals surface area contributed by atoms with E-state index in [4.69, 9.17) is 14.2 Å². The molecule has 5 saturated carbocycles. The monoisotopic (exact) mass is 465 g/mol. The molecule has 0 aromatic rings. The van der Waals surface area contributed by atoms with Crippen LogP contribution >= 0.6 is 0 Å². The third-order valence-corrected chi connectivity index (χ3v) is 11.3. The smallest absolute Gasteiger partial charge is 0.302 e. The summed E-state index contributed by atoms with van der Waals surface area (Å²) < 4.78 is 17.5. The number of ether oxygens (including phenoxy) is 3. The van der Waals surface area contributed by atoms with E-state index in [9.17, 15) is 20.1 Å². The average Bonchev–Trinajstić information content (AvgIpc) is 3.17. The Morgan fingerprint density at radius 2 is 1.94 bits per heavy atom. The van der Waals surface area contributed by atoms with Gasteiger partial charge in [-0.15, -0.1) is 0 Å². The van der Waals surface area contributed by atoms with Gasteiger partial charge in [0.1, 0.15) is 17.3 Å². The maximum atomic E-state index is 12.7. The number of fused-ring (bicyclic) bond motifs is 2. The predicted molar refractivity (Wildman–Crippen MR) is 117 cm³/mol. The molecule has 0 amide bonds. The van der Waals surface area contributed by atoms with Crippen LogP contribution in [0.4, 0.5) is 0 Å². The van der Waals surface area contributed by atoms with E-state index in [2.05, 4.69) is 11.8 Å². The third kappa shape index (κ3) is 2.32. The molecule has 6 aliphatic rings. The van der Waals surface area contributed by atoms with Gasteiger partial charge in [-0.1, -0.05) is 6.92 Å². The normalized spacial score (nSPS) is 58.4. The van der Waals surface area contributed by atoms with Crippen molar-refractivity contribution in [1.82, 2.24) is 4.90 Å². The highest BCUT2D eigenvalue weighted by atomic mass is 16.5. The molecule has 8 nitrogen and oxygen atoms in total. The second-order valence-electron chi connectivity index (χ2n) is 12.0. The van der Waals surface area contributed by atoms with Crippen LogP contribution in [0.2, 0.25) is 0 Å². The summed E-state index contributed by atoms with van der Waals surface area (Å²) in [4.78, 5) is 14.5. The molecule has 1 heterocycles. The number of likely N-dealkylation sites (N-methyl/N-ethyl adjacent to an activating group) is 1. The van der Waals surface area contributed by atoms with Crippen LogP contribution in [-0.2, 0) is 19.0 Å². The van der Waals surface area contributed by atoms with E-state index in [1.54, 1.807) is 14.2 Å². The van der Waals surface area contributed by atoms with Crippen molar-refractivity contribution in [3.8, 4) is 0 Å². The number of aliphatic hydroxyl groups excluding tert-OH is 1. The molecule has 5 aliphatic carbocycles. The predicted octanol–water partition coefficient (Wildman–Crippen LogP) is 0.563. The second kappa shape index (κ2) is 6.92. The fraction of sp³-hybridized carbons (Fsp3) is 0.960. The molecule has 0 unspecified atom stereocenters. The van der Waals surface area contributed by atoms with Crippen LogP contribution in [0.1, 0.15) is 46.0 Å². The first kappa shape index (κ1) is 22.7. The van der Waals surface area contributed by atoms with Crippen molar-refractivity contribution in [1.29, 1.82) is 0 Å². The fourth-order valence-corrected chi connectivity index (χ4v) is 10.7. The Balaban J connectivity index is 1.60. The fourth-order valence-electron chi connectivity index (χ4n) is 10.7. The van der Waals surface area contributed by atoms with E-state index in [1.165, 1.54) is 6.92 Å². The van der Waals surface area contributed by atoms with Crippen molar-refractivity contribution in [2.75, 3.05) is 33.9 Å². The first-order valence-electron chi connectivity index (χ1n) is 12.7. The summed E-state index contributed by atoms with van der Waals surface area (Å²) in [5, 5.41) is 37.0. The lowest BCUT2D eigenvalue weighted by Crippen LogP contribution is -2.81. The van der Waals surface area contributed by atoms with Gasteiger partial charge >= 0.3 is 5.97 Å². The van der Waals surface area contributed by atoms with Gasteiger partial charge in [0, 0.05) is 62.8 Å². The van der Waals surface area contributed by atoms with Gasteiger partial charge in [0.25, 0.3) is 0 Å². The van der Waals surface area contributed by atoms with E-state index in [-0.39, 0.29) is 41.3 Å². The van der Waals surface area contributed by atoms with Crippen LogP contribution in [0, 0.1) is 34.5 Å². The largest absolute Gasteiger partial charge is 0.462 e. The van der Waals surface area contributed by atoms with E-state index in [0.717, 1.165) is 25.9 Å². The van der Waals surface area contributed by atoms with Gasteiger partial charge in [-0.2, -0.15) is 0 Å². The van der Waals surface area contributed by atoms with Gasteiger partial charge in [-0.05, 0) is 44.1 Å². The second-order valence-corrected chi connectivity index (χ2v) is 12.0. The summed E-state index contributed by atoms with van der Waals surface area (Å²) in [6.07, 6.45) is 1.61. The number of hydrogen-bond acceptors (Lipinski definition) is 8. The van der Waals surface area contributed by atoms with Crippen molar-refractivity contribution >= 4 is 5.97 Å². The van der Waals surface area contributed by atoms with Gasteiger partial charge in [-0.3, -0.25) is 9.69 Å². The highest BCUT2D eigenvalue weighted by Crippen LogP contribution is 2.80. The molecule has 12 atom stereocenters. The van der Waals surface area contributed by atoms with E-state index in [1.807, 2.05) is 0 Å². The highest BCUT2D eigenvalue weighted by molar-refractivity contribution is 5.66. The van der Waals surface area contributed by atoms with Crippen molar-refractivity contribution in [2.24, 2.45) is 34.5 Å². The van der Waals surface area contributed by atoms with Crippen LogP contribution in [0.3, 0.4) is 0 Å². The molecule has 8 heteroatoms. The Hall–Kier alpha value is -0.770. The zero-order chi connectivity index (χ0) is 23.6. The number of likely N-dealkylation sites (tertiary alicyclic amines) is 1. The van der Waals surface area contributed by atoms with Gasteiger partial charge in [0.15, 0.2) is 0 Å². The Kier molecular flexibility index (Phi) is 4.75. The van der Waals surface area contributed by atoms with Crippen molar-refractivity contribution in [2.45, 2.75) is 81.5 Å². The zero-order valence-electron chi connectivity index (χ0n) is 20.2. The molecule has 0 aromatic heterocycles. The molecule has 1 saturated heterocycles. The summed E-state index contributed by atoms with van der Waals surface area (Å²) in [7, 11) is 3.37. The molecule has 186 valence electrons. The van der Waals surface area contributed by atoms with Crippen molar-refractivity contribution in [3.05, 3.63) is 0 Å². The number of rotatable bonds is 5. The van der Waals surface area contributed by atoms with Crippen molar-refractivity contribution < 1.29 is 34.3 Å². The minimum atomic E-state index is -1.45. The summed E-state index contributed by atoms with van der Waals surface area (Å²) in [5.74, 6) is -0.845. The molecule has 0 aromatic carbocycles. The van der Waals surface area contributed by atoms with Crippen LogP contribution in [-0.4, -0.2) is 95.7 Å². The molecule has 0 radical (unpaired) electrons. The molecular weight excluding hydrogens is 426 g/mol. The summed E-state index contributed by atoms with van der Waals surface area (Å²) in [6.45, 7) is 5.63. The summed E-state index contributed by atoms with van der Waals surface area (Å²) in [6, 6.07) is -0.334. The molecule has 3 N–H and O–H groups in total. The zero-order valence-corrected chi connectivity index (χ0v) is 20.2. The number of esters is 1. The molecular formula is C25H39NO7.